The van der Waals surface area contributed by atoms with Gasteiger partial charge in [-0.2, -0.15) is 0 Å². The lowest BCUT2D eigenvalue weighted by molar-refractivity contribution is 0.410. The lowest BCUT2D eigenvalue weighted by atomic mass is 9.92. The van der Waals surface area contributed by atoms with Gasteiger partial charge >= 0.3 is 0 Å². The molecule has 3 heterocycles. The normalized spacial score (nSPS) is 22.8. The molecule has 0 aromatic carbocycles. The van der Waals surface area contributed by atoms with Crippen molar-refractivity contribution in [2.45, 2.75) is 75.9 Å². The molecule has 2 saturated carbocycles. The van der Waals surface area contributed by atoms with E-state index in [0.29, 0.717) is 24.1 Å². The van der Waals surface area contributed by atoms with Gasteiger partial charge < -0.3 is 16.4 Å². The molecular formula is C22H30N8. The summed E-state index contributed by atoms with van der Waals surface area (Å²) in [5, 5.41) is 11.8. The van der Waals surface area contributed by atoms with E-state index < -0.39 is 0 Å². The van der Waals surface area contributed by atoms with Gasteiger partial charge in [0.2, 0.25) is 5.95 Å². The fourth-order valence-corrected chi connectivity index (χ4v) is 4.58. The van der Waals surface area contributed by atoms with Crippen LogP contribution in [0.25, 0.3) is 16.9 Å². The van der Waals surface area contributed by atoms with E-state index in [1.54, 1.807) is 0 Å². The first-order valence-corrected chi connectivity index (χ1v) is 11.2. The highest BCUT2D eigenvalue weighted by atomic mass is 15.3. The summed E-state index contributed by atoms with van der Waals surface area (Å²) >= 11 is 0. The molecule has 0 radical (unpaired) electrons. The smallest absolute Gasteiger partial charge is 0.222 e. The van der Waals surface area contributed by atoms with Gasteiger partial charge in [0, 0.05) is 36.1 Å². The summed E-state index contributed by atoms with van der Waals surface area (Å²) in [6.07, 6.45) is 16.1. The van der Waals surface area contributed by atoms with Crippen molar-refractivity contribution in [1.29, 1.82) is 0 Å². The average molecular weight is 407 g/mol. The Morgan fingerprint density at radius 2 is 1.53 bits per heavy atom. The van der Waals surface area contributed by atoms with Gasteiger partial charge in [-0.25, -0.2) is 19.5 Å². The molecule has 0 unspecified atom stereocenters. The van der Waals surface area contributed by atoms with Crippen molar-refractivity contribution in [2.75, 3.05) is 10.6 Å². The Bertz CT molecular complexity index is 968. The summed E-state index contributed by atoms with van der Waals surface area (Å²) in [5.41, 5.74) is 8.64. The molecule has 4 N–H and O–H groups in total. The third-order valence-electron chi connectivity index (χ3n) is 6.37. The number of nitrogens with one attached hydrogen (secondary N) is 2. The molecule has 2 fully saturated rings. The van der Waals surface area contributed by atoms with Crippen LogP contribution >= 0.6 is 0 Å². The minimum Gasteiger partial charge on any atom is -0.366 e. The van der Waals surface area contributed by atoms with Gasteiger partial charge in [0.25, 0.3) is 0 Å². The molecule has 158 valence electrons. The fourth-order valence-electron chi connectivity index (χ4n) is 4.58. The highest BCUT2D eigenvalue weighted by Gasteiger charge is 2.19. The molecule has 0 bridgehead atoms. The fraction of sp³-hybridized carbons (Fsp3) is 0.545. The van der Waals surface area contributed by atoms with Gasteiger partial charge in [-0.15, -0.1) is 5.10 Å². The van der Waals surface area contributed by atoms with Crippen molar-refractivity contribution in [3.8, 4) is 11.3 Å². The second kappa shape index (κ2) is 8.55. The first kappa shape index (κ1) is 19.2. The number of nitrogens with zero attached hydrogens (tertiary/aromatic N) is 5. The van der Waals surface area contributed by atoms with Crippen LogP contribution in [-0.4, -0.2) is 42.7 Å². The van der Waals surface area contributed by atoms with Gasteiger partial charge in [-0.05, 0) is 50.7 Å². The molecule has 2 aliphatic rings. The van der Waals surface area contributed by atoms with Crippen LogP contribution in [-0.2, 0) is 0 Å². The number of fused-ring (bicyclic) bond motifs is 1. The van der Waals surface area contributed by atoms with Gasteiger partial charge in [0.05, 0.1) is 11.9 Å². The zero-order chi connectivity index (χ0) is 20.3. The van der Waals surface area contributed by atoms with E-state index >= 15 is 0 Å². The molecular weight excluding hydrogens is 376 g/mol. The third-order valence-corrected chi connectivity index (χ3v) is 6.37. The van der Waals surface area contributed by atoms with E-state index in [0.717, 1.165) is 48.4 Å². The van der Waals surface area contributed by atoms with Crippen LogP contribution in [0, 0.1) is 0 Å². The number of hydrogen-bond donors (Lipinski definition) is 3. The van der Waals surface area contributed by atoms with Crippen LogP contribution in [0.15, 0.2) is 30.7 Å². The summed E-state index contributed by atoms with van der Waals surface area (Å²) in [6, 6.07) is 5.25. The van der Waals surface area contributed by atoms with Gasteiger partial charge in [-0.3, -0.25) is 0 Å². The summed E-state index contributed by atoms with van der Waals surface area (Å²) in [7, 11) is 0. The largest absolute Gasteiger partial charge is 0.366 e. The van der Waals surface area contributed by atoms with Crippen molar-refractivity contribution in [1.82, 2.24) is 24.6 Å². The quantitative estimate of drug-likeness (QED) is 0.594. The van der Waals surface area contributed by atoms with Gasteiger partial charge in [0.15, 0.2) is 5.65 Å². The zero-order valence-electron chi connectivity index (χ0n) is 17.3. The molecule has 30 heavy (non-hydrogen) atoms. The molecule has 3 aromatic rings. The van der Waals surface area contributed by atoms with Crippen LogP contribution in [0.5, 0.6) is 0 Å². The molecule has 5 rings (SSSR count). The Balaban J connectivity index is 1.32. The Morgan fingerprint density at radius 1 is 0.800 bits per heavy atom. The monoisotopic (exact) mass is 406 g/mol. The Kier molecular flexibility index (Phi) is 5.48. The van der Waals surface area contributed by atoms with Gasteiger partial charge in [-0.1, -0.05) is 19.3 Å². The molecule has 0 saturated heterocycles. The number of rotatable bonds is 5. The molecule has 8 heteroatoms. The van der Waals surface area contributed by atoms with E-state index in [1.807, 2.05) is 35.2 Å². The Morgan fingerprint density at radius 3 is 2.30 bits per heavy atom. The van der Waals surface area contributed by atoms with Crippen molar-refractivity contribution in [2.24, 2.45) is 5.73 Å². The highest BCUT2D eigenvalue weighted by Crippen LogP contribution is 2.24. The summed E-state index contributed by atoms with van der Waals surface area (Å²) in [6.45, 7) is 0. The second-order valence-electron chi connectivity index (χ2n) is 8.66. The van der Waals surface area contributed by atoms with E-state index in [2.05, 4.69) is 25.6 Å². The van der Waals surface area contributed by atoms with Crippen LogP contribution < -0.4 is 16.4 Å². The minimum atomic E-state index is 0.342. The molecule has 0 amide bonds. The number of hydrogen-bond acceptors (Lipinski definition) is 7. The molecule has 0 aliphatic heterocycles. The maximum Gasteiger partial charge on any atom is 0.222 e. The second-order valence-corrected chi connectivity index (χ2v) is 8.66. The lowest BCUT2D eigenvalue weighted by Crippen LogP contribution is -2.33. The first-order chi connectivity index (χ1) is 14.7. The molecule has 8 nitrogen and oxygen atoms in total. The molecule has 0 atom stereocenters. The third kappa shape index (κ3) is 4.23. The van der Waals surface area contributed by atoms with Crippen molar-refractivity contribution < 1.29 is 0 Å². The molecule has 2 aliphatic carbocycles. The van der Waals surface area contributed by atoms with Crippen molar-refractivity contribution in [3.05, 3.63) is 30.7 Å². The summed E-state index contributed by atoms with van der Waals surface area (Å²) in [4.78, 5) is 13.6. The zero-order valence-corrected chi connectivity index (χ0v) is 17.3. The van der Waals surface area contributed by atoms with E-state index in [9.17, 15) is 0 Å². The number of anilines is 2. The topological polar surface area (TPSA) is 106 Å². The number of nitrogens with two attached hydrogens (primary N) is 1. The summed E-state index contributed by atoms with van der Waals surface area (Å²) < 4.78 is 1.86. The predicted molar refractivity (Wildman–Crippen MR) is 118 cm³/mol. The molecule has 3 aromatic heterocycles. The van der Waals surface area contributed by atoms with Crippen LogP contribution in [0.2, 0.25) is 0 Å². The standard InChI is InChI=1S/C22H30N8/c23-16-6-8-18(9-7-16)27-20-10-11-21-24-14-19(30(21)29-20)15-12-25-22(26-13-15)28-17-4-2-1-3-5-17/h10-14,16-18H,1-9,23H2,(H,27,29)(H,25,26,28). The maximum absolute atomic E-state index is 6.03. The van der Waals surface area contributed by atoms with Crippen molar-refractivity contribution in [3.63, 3.8) is 0 Å². The van der Waals surface area contributed by atoms with E-state index in [-0.39, 0.29) is 0 Å². The average Bonchev–Trinajstić information content (AvgIpc) is 3.20. The lowest BCUT2D eigenvalue weighted by Gasteiger charge is -2.27. The Hall–Kier alpha value is -2.74. The highest BCUT2D eigenvalue weighted by molar-refractivity contribution is 5.62. The minimum absolute atomic E-state index is 0.342. The van der Waals surface area contributed by atoms with Gasteiger partial charge in [0.1, 0.15) is 5.82 Å². The first-order valence-electron chi connectivity index (χ1n) is 11.2. The maximum atomic E-state index is 6.03. The Labute approximate surface area is 176 Å². The van der Waals surface area contributed by atoms with Crippen LogP contribution in [0.1, 0.15) is 57.8 Å². The SMILES string of the molecule is NC1CCC(Nc2ccc3ncc(-c4cnc(NC5CCCCC5)nc4)n3n2)CC1. The van der Waals surface area contributed by atoms with E-state index in [1.165, 1.54) is 32.1 Å². The summed E-state index contributed by atoms with van der Waals surface area (Å²) in [5.74, 6) is 1.56. The molecule has 0 spiro atoms. The van der Waals surface area contributed by atoms with Crippen LogP contribution in [0.3, 0.4) is 0 Å². The predicted octanol–water partition coefficient (Wildman–Crippen LogP) is 3.61. The van der Waals surface area contributed by atoms with Crippen molar-refractivity contribution >= 4 is 17.4 Å². The number of imidazole rings is 1. The van der Waals surface area contributed by atoms with E-state index in [4.69, 9.17) is 10.8 Å². The number of aromatic nitrogens is 5. The van der Waals surface area contributed by atoms with Crippen LogP contribution in [0.4, 0.5) is 11.8 Å².